The van der Waals surface area contributed by atoms with Gasteiger partial charge in [-0.25, -0.2) is 0 Å². The third-order valence-corrected chi connectivity index (χ3v) is 5.90. The average Bonchev–Trinajstić information content (AvgIpc) is 2.98. The summed E-state index contributed by atoms with van der Waals surface area (Å²) in [7, 11) is 6.12. The van der Waals surface area contributed by atoms with E-state index in [0.717, 1.165) is 0 Å². The predicted molar refractivity (Wildman–Crippen MR) is 145 cm³/mol. The highest BCUT2D eigenvalue weighted by Crippen LogP contribution is 2.26. The molecule has 4 rings (SSSR count). The molecule has 0 saturated carbocycles. The Kier molecular flexibility index (Phi) is 8.10. The second kappa shape index (κ2) is 11.8. The summed E-state index contributed by atoms with van der Waals surface area (Å²) in [6.07, 6.45) is 0. The van der Waals surface area contributed by atoms with Crippen molar-refractivity contribution in [1.82, 2.24) is 0 Å². The largest absolute Gasteiger partial charge is 0.497 e. The first-order valence-corrected chi connectivity index (χ1v) is 11.7. The molecular weight excluding hydrogens is 480 g/mol. The summed E-state index contributed by atoms with van der Waals surface area (Å²) in [4.78, 5) is 26.9. The number of benzene rings is 4. The van der Waals surface area contributed by atoms with Crippen LogP contribution in [-0.2, 0) is 0 Å². The molecule has 0 aliphatic rings. The van der Waals surface area contributed by atoms with Crippen molar-refractivity contribution in [3.8, 4) is 34.8 Å². The number of carbonyl (C=O) groups is 2. The number of hydrogen-bond acceptors (Lipinski definition) is 6. The molecule has 0 saturated heterocycles. The minimum absolute atomic E-state index is 0.222. The Hall–Kier alpha value is -5.02. The molecule has 0 bridgehead atoms. The van der Waals surface area contributed by atoms with Gasteiger partial charge < -0.3 is 18.9 Å². The van der Waals surface area contributed by atoms with Crippen molar-refractivity contribution in [2.45, 2.75) is 0 Å². The van der Waals surface area contributed by atoms with Crippen molar-refractivity contribution >= 4 is 11.6 Å². The van der Waals surface area contributed by atoms with Crippen LogP contribution in [0.15, 0.2) is 84.9 Å². The van der Waals surface area contributed by atoms with Crippen LogP contribution < -0.4 is 18.9 Å². The van der Waals surface area contributed by atoms with E-state index in [1.165, 1.54) is 28.4 Å². The highest BCUT2D eigenvalue weighted by molar-refractivity contribution is 6.12. The topological polar surface area (TPSA) is 71.1 Å². The van der Waals surface area contributed by atoms with E-state index in [1.807, 2.05) is 12.1 Å². The van der Waals surface area contributed by atoms with Crippen molar-refractivity contribution in [2.24, 2.45) is 0 Å². The zero-order chi connectivity index (χ0) is 27.1. The van der Waals surface area contributed by atoms with E-state index in [2.05, 4.69) is 11.8 Å². The Morgan fingerprint density at radius 1 is 0.500 bits per heavy atom. The molecule has 190 valence electrons. The van der Waals surface area contributed by atoms with Crippen LogP contribution in [0.1, 0.15) is 43.0 Å². The molecule has 0 spiro atoms. The molecule has 0 unspecified atom stereocenters. The SMILES string of the molecule is COc1cc(OC)cc(C(=O)c2ccccc2C#Cc2ccccc2C(=O)c2cc(OC)cc(OC)c2)c1. The molecule has 6 heteroatoms. The van der Waals surface area contributed by atoms with Crippen LogP contribution >= 0.6 is 0 Å². The van der Waals surface area contributed by atoms with E-state index in [-0.39, 0.29) is 11.6 Å². The fourth-order valence-corrected chi connectivity index (χ4v) is 3.90. The lowest BCUT2D eigenvalue weighted by molar-refractivity contribution is 0.103. The van der Waals surface area contributed by atoms with Crippen molar-refractivity contribution in [3.63, 3.8) is 0 Å². The summed E-state index contributed by atoms with van der Waals surface area (Å²) in [6, 6.07) is 24.2. The Balaban J connectivity index is 1.72. The molecule has 0 heterocycles. The lowest BCUT2D eigenvalue weighted by Gasteiger charge is -2.09. The molecule has 6 nitrogen and oxygen atoms in total. The van der Waals surface area contributed by atoms with Crippen LogP contribution in [0.25, 0.3) is 0 Å². The third kappa shape index (κ3) is 5.69. The molecule has 0 N–H and O–H groups in total. The highest BCUT2D eigenvalue weighted by Gasteiger charge is 2.17. The number of ether oxygens (including phenoxy) is 4. The first-order valence-electron chi connectivity index (χ1n) is 11.7. The third-order valence-electron chi connectivity index (χ3n) is 5.90. The molecule has 0 fully saturated rings. The van der Waals surface area contributed by atoms with Crippen LogP contribution in [0.2, 0.25) is 0 Å². The molecule has 38 heavy (non-hydrogen) atoms. The summed E-state index contributed by atoms with van der Waals surface area (Å²) in [5, 5.41) is 0. The summed E-state index contributed by atoms with van der Waals surface area (Å²) in [5.74, 6) is 7.79. The maximum absolute atomic E-state index is 13.4. The molecule has 0 aromatic heterocycles. The van der Waals surface area contributed by atoms with Gasteiger partial charge in [-0.1, -0.05) is 36.1 Å². The van der Waals surface area contributed by atoms with Crippen LogP contribution in [0.4, 0.5) is 0 Å². The van der Waals surface area contributed by atoms with Gasteiger partial charge in [-0.15, -0.1) is 0 Å². The van der Waals surface area contributed by atoms with Crippen LogP contribution in [0.5, 0.6) is 23.0 Å². The van der Waals surface area contributed by atoms with Gasteiger partial charge >= 0.3 is 0 Å². The first kappa shape index (κ1) is 26.1. The number of methoxy groups -OCH3 is 4. The Bertz CT molecular complexity index is 1400. The maximum Gasteiger partial charge on any atom is 0.194 e. The van der Waals surface area contributed by atoms with Gasteiger partial charge in [-0.3, -0.25) is 9.59 Å². The van der Waals surface area contributed by atoms with E-state index in [4.69, 9.17) is 18.9 Å². The molecule has 0 radical (unpaired) electrons. The summed E-state index contributed by atoms with van der Waals surface area (Å²) in [5.41, 5.74) is 2.75. The molecule has 4 aromatic carbocycles. The van der Waals surface area contributed by atoms with Gasteiger partial charge in [0.2, 0.25) is 0 Å². The van der Waals surface area contributed by atoms with Gasteiger partial charge in [0, 0.05) is 45.5 Å². The van der Waals surface area contributed by atoms with E-state index in [9.17, 15) is 9.59 Å². The monoisotopic (exact) mass is 506 g/mol. The minimum atomic E-state index is -0.222. The Morgan fingerprint density at radius 2 is 0.816 bits per heavy atom. The van der Waals surface area contributed by atoms with E-state index < -0.39 is 0 Å². The smallest absolute Gasteiger partial charge is 0.194 e. The van der Waals surface area contributed by atoms with E-state index in [1.54, 1.807) is 72.8 Å². The molecule has 0 aliphatic carbocycles. The van der Waals surface area contributed by atoms with Gasteiger partial charge in [0.05, 0.1) is 28.4 Å². The van der Waals surface area contributed by atoms with Gasteiger partial charge in [-0.2, -0.15) is 0 Å². The summed E-state index contributed by atoms with van der Waals surface area (Å²) >= 11 is 0. The predicted octanol–water partition coefficient (Wildman–Crippen LogP) is 5.58. The molecule has 4 aromatic rings. The number of carbonyl (C=O) groups excluding carboxylic acids is 2. The average molecular weight is 507 g/mol. The van der Waals surface area contributed by atoms with E-state index in [0.29, 0.717) is 56.4 Å². The lowest BCUT2D eigenvalue weighted by atomic mass is 9.96. The Labute approximate surface area is 221 Å². The van der Waals surface area contributed by atoms with Gasteiger partial charge in [0.1, 0.15) is 23.0 Å². The molecule has 0 amide bonds. The molecular formula is C32H26O6. The second-order valence-corrected chi connectivity index (χ2v) is 8.20. The van der Waals surface area contributed by atoms with E-state index >= 15 is 0 Å². The standard InChI is InChI=1S/C32H26O6/c1-35-25-15-23(16-26(19-25)36-2)31(33)29-11-7-5-9-21(29)13-14-22-10-6-8-12-30(22)32(34)24-17-27(37-3)20-28(18-24)38-4/h5-12,15-20H,1-4H3. The first-order chi connectivity index (χ1) is 18.5. The fourth-order valence-electron chi connectivity index (χ4n) is 3.90. The summed E-state index contributed by atoms with van der Waals surface area (Å²) in [6.45, 7) is 0. The normalized spacial score (nSPS) is 10.1. The fraction of sp³-hybridized carbons (Fsp3) is 0.125. The summed E-state index contributed by atoms with van der Waals surface area (Å²) < 4.78 is 21.2. The van der Waals surface area contributed by atoms with Gasteiger partial charge in [0.15, 0.2) is 11.6 Å². The van der Waals surface area contributed by atoms with Crippen molar-refractivity contribution in [2.75, 3.05) is 28.4 Å². The number of hydrogen-bond donors (Lipinski definition) is 0. The molecule has 0 aliphatic heterocycles. The van der Waals surface area contributed by atoms with Crippen LogP contribution in [0.3, 0.4) is 0 Å². The van der Waals surface area contributed by atoms with Crippen LogP contribution in [0, 0.1) is 11.8 Å². The number of ketones is 2. The second-order valence-electron chi connectivity index (χ2n) is 8.20. The Morgan fingerprint density at radius 3 is 1.13 bits per heavy atom. The van der Waals surface area contributed by atoms with Gasteiger partial charge in [0.25, 0.3) is 0 Å². The minimum Gasteiger partial charge on any atom is -0.497 e. The zero-order valence-corrected chi connectivity index (χ0v) is 21.5. The quantitative estimate of drug-likeness (QED) is 0.229. The van der Waals surface area contributed by atoms with Crippen molar-refractivity contribution in [1.29, 1.82) is 0 Å². The lowest BCUT2D eigenvalue weighted by Crippen LogP contribution is -2.06. The van der Waals surface area contributed by atoms with Crippen LogP contribution in [-0.4, -0.2) is 40.0 Å². The van der Waals surface area contributed by atoms with Crippen molar-refractivity contribution in [3.05, 3.63) is 118 Å². The maximum atomic E-state index is 13.4. The number of rotatable bonds is 8. The highest BCUT2D eigenvalue weighted by atomic mass is 16.5. The molecule has 0 atom stereocenters. The van der Waals surface area contributed by atoms with Crippen molar-refractivity contribution < 1.29 is 28.5 Å². The zero-order valence-electron chi connectivity index (χ0n) is 21.5. The van der Waals surface area contributed by atoms with Gasteiger partial charge in [-0.05, 0) is 48.5 Å².